The van der Waals surface area contributed by atoms with E-state index in [1.165, 1.54) is 21.8 Å². The SMILES string of the molecule is COc1ccc(-c2sc3c(C(=O)OCC[Si](C)(C)C)c(Cc4cccc5ccccc45)cc(=O)n3c2C(=O)OCC[Si](C)(C)C)cc1C. The van der Waals surface area contributed by atoms with Crippen LogP contribution in [-0.2, 0) is 15.9 Å². The highest BCUT2D eigenvalue weighted by atomic mass is 32.1. The summed E-state index contributed by atoms with van der Waals surface area (Å²) in [4.78, 5) is 43.2. The van der Waals surface area contributed by atoms with Gasteiger partial charge in [0.05, 0.1) is 30.8 Å². The molecule has 0 N–H and O–H groups in total. The molecule has 0 fully saturated rings. The standard InChI is InChI=1S/C38H45NO6SSi2/c1-25-22-28(16-17-31(25)43-2)35-34(38(42)45-19-21-48(6,7)8)39-32(40)24-29(23-27-14-11-13-26-12-9-10-15-30(26)27)33(36(39)46-35)37(41)44-18-20-47(3,4)5/h9-17,22,24H,18-21,23H2,1-8H3. The number of rotatable bonds is 12. The lowest BCUT2D eigenvalue weighted by molar-refractivity contribution is 0.0508. The number of hydrogen-bond acceptors (Lipinski definition) is 7. The fraction of sp³-hybridized carbons (Fsp3) is 0.342. The van der Waals surface area contributed by atoms with Gasteiger partial charge in [-0.05, 0) is 76.7 Å². The second-order valence-electron chi connectivity index (χ2n) is 14.7. The van der Waals surface area contributed by atoms with Crippen molar-refractivity contribution in [2.75, 3.05) is 20.3 Å². The number of ether oxygens (including phenoxy) is 3. The molecule has 0 unspecified atom stereocenters. The molecule has 2 aromatic heterocycles. The number of aryl methyl sites for hydroxylation is 1. The Morgan fingerprint density at radius 3 is 2.08 bits per heavy atom. The van der Waals surface area contributed by atoms with Crippen molar-refractivity contribution in [3.05, 3.63) is 105 Å². The van der Waals surface area contributed by atoms with Gasteiger partial charge in [0.15, 0.2) is 5.69 Å². The Kier molecular flexibility index (Phi) is 10.5. The van der Waals surface area contributed by atoms with Gasteiger partial charge in [-0.25, -0.2) is 9.59 Å². The predicted octanol–water partition coefficient (Wildman–Crippen LogP) is 9.08. The van der Waals surface area contributed by atoms with E-state index >= 15 is 0 Å². The Labute approximate surface area is 288 Å². The molecule has 5 rings (SSSR count). The number of hydrogen-bond donors (Lipinski definition) is 0. The van der Waals surface area contributed by atoms with E-state index in [1.54, 1.807) is 7.11 Å². The minimum atomic E-state index is -1.50. The first-order valence-electron chi connectivity index (χ1n) is 16.3. The topological polar surface area (TPSA) is 83.3 Å². The molecule has 0 saturated carbocycles. The van der Waals surface area contributed by atoms with Gasteiger partial charge >= 0.3 is 11.9 Å². The Hall–Kier alpha value is -4.00. The van der Waals surface area contributed by atoms with Crippen molar-refractivity contribution in [3.8, 4) is 16.2 Å². The average Bonchev–Trinajstić information content (AvgIpc) is 3.41. The van der Waals surface area contributed by atoms with Crippen LogP contribution in [0.25, 0.3) is 26.0 Å². The fourth-order valence-corrected chi connectivity index (χ4v) is 8.37. The monoisotopic (exact) mass is 699 g/mol. The van der Waals surface area contributed by atoms with E-state index in [9.17, 15) is 14.4 Å². The molecule has 10 heteroatoms. The molecular formula is C38H45NO6SSi2. The molecule has 0 atom stereocenters. The van der Waals surface area contributed by atoms with Crippen LogP contribution >= 0.6 is 11.3 Å². The molecule has 0 aliphatic heterocycles. The molecule has 7 nitrogen and oxygen atoms in total. The number of benzene rings is 3. The zero-order valence-electron chi connectivity index (χ0n) is 29.2. The quantitative estimate of drug-likeness (QED) is 0.0955. The molecule has 252 valence electrons. The Morgan fingerprint density at radius 2 is 1.44 bits per heavy atom. The summed E-state index contributed by atoms with van der Waals surface area (Å²) >= 11 is 1.24. The number of thiazole rings is 1. The summed E-state index contributed by atoms with van der Waals surface area (Å²) in [6.07, 6.45) is 0.344. The van der Waals surface area contributed by atoms with E-state index in [4.69, 9.17) is 14.2 Å². The predicted molar refractivity (Wildman–Crippen MR) is 202 cm³/mol. The van der Waals surface area contributed by atoms with Gasteiger partial charge in [0.1, 0.15) is 10.6 Å². The molecule has 0 bridgehead atoms. The Morgan fingerprint density at radius 1 is 0.792 bits per heavy atom. The van der Waals surface area contributed by atoms with Gasteiger partial charge in [0, 0.05) is 22.2 Å². The molecule has 5 aromatic rings. The van der Waals surface area contributed by atoms with Crippen LogP contribution in [0.3, 0.4) is 0 Å². The number of aromatic nitrogens is 1. The van der Waals surface area contributed by atoms with Gasteiger partial charge in [-0.15, -0.1) is 11.3 Å². The largest absolute Gasteiger partial charge is 0.496 e. The summed E-state index contributed by atoms with van der Waals surface area (Å²) in [5.41, 5.74) is 3.17. The van der Waals surface area contributed by atoms with Crippen molar-refractivity contribution < 1.29 is 23.8 Å². The van der Waals surface area contributed by atoms with Crippen molar-refractivity contribution in [1.29, 1.82) is 0 Å². The number of pyridine rings is 1. The minimum absolute atomic E-state index is 0.119. The second-order valence-corrected chi connectivity index (χ2v) is 26.9. The van der Waals surface area contributed by atoms with Gasteiger partial charge in [0.2, 0.25) is 0 Å². The fourth-order valence-electron chi connectivity index (χ4n) is 5.64. The molecule has 0 amide bonds. The highest BCUT2D eigenvalue weighted by molar-refractivity contribution is 7.21. The smallest absolute Gasteiger partial charge is 0.356 e. The third kappa shape index (κ3) is 7.99. The third-order valence-corrected chi connectivity index (χ3v) is 13.0. The molecule has 48 heavy (non-hydrogen) atoms. The van der Waals surface area contributed by atoms with Crippen LogP contribution in [0.15, 0.2) is 71.5 Å². The lowest BCUT2D eigenvalue weighted by atomic mass is 9.96. The van der Waals surface area contributed by atoms with E-state index in [2.05, 4.69) is 39.3 Å². The van der Waals surface area contributed by atoms with E-state index in [1.807, 2.05) is 67.6 Å². The molecule has 0 radical (unpaired) electrons. The van der Waals surface area contributed by atoms with Gasteiger partial charge in [-0.3, -0.25) is 9.20 Å². The number of esters is 2. The van der Waals surface area contributed by atoms with E-state index in [-0.39, 0.29) is 18.9 Å². The molecule has 0 saturated heterocycles. The van der Waals surface area contributed by atoms with Crippen LogP contribution in [0, 0.1) is 6.92 Å². The van der Waals surface area contributed by atoms with Crippen molar-refractivity contribution in [1.82, 2.24) is 4.40 Å². The van der Waals surface area contributed by atoms with E-state index in [0.717, 1.165) is 39.6 Å². The number of carbonyl (C=O) groups is 2. The van der Waals surface area contributed by atoms with Crippen LogP contribution in [-0.4, -0.2) is 52.8 Å². The highest BCUT2D eigenvalue weighted by Crippen LogP contribution is 2.38. The maximum atomic E-state index is 14.1. The minimum Gasteiger partial charge on any atom is -0.496 e. The van der Waals surface area contributed by atoms with Gasteiger partial charge in [-0.1, -0.05) is 81.7 Å². The summed E-state index contributed by atoms with van der Waals surface area (Å²) in [7, 11) is -1.38. The van der Waals surface area contributed by atoms with Crippen molar-refractivity contribution in [2.24, 2.45) is 0 Å². The van der Waals surface area contributed by atoms with Crippen molar-refractivity contribution >= 4 is 55.0 Å². The average molecular weight is 700 g/mol. The molecular weight excluding hydrogens is 655 g/mol. The summed E-state index contributed by atoms with van der Waals surface area (Å²) in [5, 5.41) is 2.12. The first kappa shape index (κ1) is 35.3. The molecule has 3 aromatic carbocycles. The van der Waals surface area contributed by atoms with Crippen LogP contribution in [0.5, 0.6) is 5.75 Å². The summed E-state index contributed by atoms with van der Waals surface area (Å²) in [6, 6.07) is 22.8. The number of fused-ring (bicyclic) bond motifs is 2. The molecule has 0 spiro atoms. The van der Waals surface area contributed by atoms with Crippen LogP contribution in [0.2, 0.25) is 51.4 Å². The second kappa shape index (κ2) is 14.2. The number of carbonyl (C=O) groups excluding carboxylic acids is 2. The molecule has 0 aliphatic carbocycles. The highest BCUT2D eigenvalue weighted by Gasteiger charge is 2.30. The van der Waals surface area contributed by atoms with Crippen molar-refractivity contribution in [2.45, 2.75) is 64.7 Å². The van der Waals surface area contributed by atoms with Crippen LogP contribution in [0.1, 0.15) is 37.5 Å². The van der Waals surface area contributed by atoms with E-state index < -0.39 is 33.6 Å². The molecule has 2 heterocycles. The maximum absolute atomic E-state index is 14.1. The summed E-state index contributed by atoms with van der Waals surface area (Å²) in [5.74, 6) is -0.386. The normalized spacial score (nSPS) is 12.0. The van der Waals surface area contributed by atoms with Crippen LogP contribution < -0.4 is 10.3 Å². The summed E-state index contributed by atoms with van der Waals surface area (Å²) < 4.78 is 18.6. The van der Waals surface area contributed by atoms with Crippen LogP contribution in [0.4, 0.5) is 0 Å². The van der Waals surface area contributed by atoms with Gasteiger partial charge in [-0.2, -0.15) is 0 Å². The lowest BCUT2D eigenvalue weighted by Gasteiger charge is -2.17. The first-order chi connectivity index (χ1) is 22.7. The third-order valence-electron chi connectivity index (χ3n) is 8.38. The number of nitrogens with zero attached hydrogens (tertiary/aromatic N) is 1. The van der Waals surface area contributed by atoms with Gasteiger partial charge < -0.3 is 14.2 Å². The molecule has 0 aliphatic rings. The van der Waals surface area contributed by atoms with Gasteiger partial charge in [0.25, 0.3) is 5.56 Å². The first-order valence-corrected chi connectivity index (χ1v) is 24.6. The zero-order valence-corrected chi connectivity index (χ0v) is 32.0. The zero-order chi connectivity index (χ0) is 34.8. The Bertz CT molecular complexity index is 2050. The van der Waals surface area contributed by atoms with Crippen molar-refractivity contribution in [3.63, 3.8) is 0 Å². The maximum Gasteiger partial charge on any atom is 0.356 e. The van der Waals surface area contributed by atoms with E-state index in [0.29, 0.717) is 33.0 Å². The summed E-state index contributed by atoms with van der Waals surface area (Å²) in [6.45, 7) is 15.8. The number of methoxy groups -OCH3 is 1. The lowest BCUT2D eigenvalue weighted by Crippen LogP contribution is -2.26. The Balaban J connectivity index is 1.74.